The molecule has 0 rings (SSSR count). The summed E-state index contributed by atoms with van der Waals surface area (Å²) in [6.45, 7) is 3.95. The number of hydroxylamine groups is 2. The molecule has 0 unspecified atom stereocenters. The number of aliphatic hydroxyl groups excluding tert-OH is 1. The lowest BCUT2D eigenvalue weighted by Crippen LogP contribution is -2.21. The maximum atomic E-state index is 9.35. The van der Waals surface area contributed by atoms with Crippen molar-refractivity contribution in [3.8, 4) is 0 Å². The van der Waals surface area contributed by atoms with Crippen molar-refractivity contribution < 1.29 is 10.3 Å². The van der Waals surface area contributed by atoms with Gasteiger partial charge in [0.25, 0.3) is 0 Å². The van der Waals surface area contributed by atoms with Crippen molar-refractivity contribution >= 4 is 0 Å². The highest BCUT2D eigenvalue weighted by molar-refractivity contribution is 4.48. The van der Waals surface area contributed by atoms with Crippen LogP contribution in [0.25, 0.3) is 0 Å². The molecule has 0 aliphatic carbocycles. The van der Waals surface area contributed by atoms with Crippen LogP contribution in [0.2, 0.25) is 0 Å². The molecule has 0 bridgehead atoms. The molecule has 0 atom stereocenters. The van der Waals surface area contributed by atoms with E-state index in [2.05, 4.69) is 6.92 Å². The summed E-state index contributed by atoms with van der Waals surface area (Å²) in [5.41, 5.74) is 0. The molecule has 0 aliphatic heterocycles. The van der Waals surface area contributed by atoms with Crippen LogP contribution in [0.5, 0.6) is 0 Å². The molecule has 3 heteroatoms. The summed E-state index contributed by atoms with van der Waals surface area (Å²) >= 11 is 0. The van der Waals surface area contributed by atoms with Gasteiger partial charge in [-0.1, -0.05) is 19.8 Å². The highest BCUT2D eigenvalue weighted by Gasteiger charge is 1.98. The van der Waals surface area contributed by atoms with E-state index in [0.717, 1.165) is 38.8 Å². The van der Waals surface area contributed by atoms with Gasteiger partial charge in [0, 0.05) is 19.7 Å². The van der Waals surface area contributed by atoms with Crippen molar-refractivity contribution in [2.75, 3.05) is 19.7 Å². The molecule has 0 aromatic carbocycles. The third kappa shape index (κ3) is 9.80. The number of rotatable bonds is 9. The lowest BCUT2D eigenvalue weighted by Gasteiger charge is -2.13. The van der Waals surface area contributed by atoms with E-state index in [-0.39, 0.29) is 6.61 Å². The first kappa shape index (κ1) is 12.9. The molecule has 0 aliphatic rings. The summed E-state index contributed by atoms with van der Waals surface area (Å²) in [4.78, 5) is 0. The lowest BCUT2D eigenvalue weighted by atomic mass is 10.2. The molecule has 0 fully saturated rings. The Morgan fingerprint density at radius 1 is 0.923 bits per heavy atom. The van der Waals surface area contributed by atoms with Crippen LogP contribution in [0.15, 0.2) is 0 Å². The highest BCUT2D eigenvalue weighted by atomic mass is 16.5. The minimum absolute atomic E-state index is 0.265. The number of hydrogen-bond acceptors (Lipinski definition) is 3. The van der Waals surface area contributed by atoms with E-state index in [1.54, 1.807) is 0 Å². The predicted molar refractivity (Wildman–Crippen MR) is 53.8 cm³/mol. The van der Waals surface area contributed by atoms with Gasteiger partial charge in [-0.05, 0) is 25.7 Å². The highest BCUT2D eigenvalue weighted by Crippen LogP contribution is 1.99. The molecule has 3 nitrogen and oxygen atoms in total. The van der Waals surface area contributed by atoms with E-state index < -0.39 is 0 Å². The molecule has 0 radical (unpaired) electrons. The summed E-state index contributed by atoms with van der Waals surface area (Å²) in [6.07, 6.45) is 6.28. The van der Waals surface area contributed by atoms with Gasteiger partial charge in [-0.25, -0.2) is 0 Å². The smallest absolute Gasteiger partial charge is 0.0431 e. The monoisotopic (exact) mass is 189 g/mol. The van der Waals surface area contributed by atoms with Crippen molar-refractivity contribution in [3.05, 3.63) is 0 Å². The Morgan fingerprint density at radius 3 is 2.08 bits per heavy atom. The normalized spacial score (nSPS) is 11.1. The molecule has 0 spiro atoms. The zero-order valence-corrected chi connectivity index (χ0v) is 8.71. The van der Waals surface area contributed by atoms with Gasteiger partial charge in [0.15, 0.2) is 0 Å². The Morgan fingerprint density at radius 2 is 1.54 bits per heavy atom. The molecule has 80 valence electrons. The Bertz CT molecular complexity index is 98.9. The van der Waals surface area contributed by atoms with Crippen LogP contribution in [-0.2, 0) is 0 Å². The number of nitrogens with zero attached hydrogens (tertiary/aromatic N) is 1. The fraction of sp³-hybridized carbons (Fsp3) is 1.00. The second-order valence-corrected chi connectivity index (χ2v) is 3.45. The third-order valence-corrected chi connectivity index (χ3v) is 2.09. The standard InChI is InChI=1S/C10H23NO2/c1-2-3-5-8-11(13)9-6-4-7-10-12/h12-13H,2-10H2,1H3. The van der Waals surface area contributed by atoms with Gasteiger partial charge >= 0.3 is 0 Å². The Hall–Kier alpha value is -0.120. The SMILES string of the molecule is CCCCCN(O)CCCCCO. The van der Waals surface area contributed by atoms with E-state index in [4.69, 9.17) is 5.11 Å². The van der Waals surface area contributed by atoms with Crippen LogP contribution in [0.3, 0.4) is 0 Å². The zero-order valence-electron chi connectivity index (χ0n) is 8.71. The largest absolute Gasteiger partial charge is 0.396 e. The van der Waals surface area contributed by atoms with E-state index in [1.165, 1.54) is 17.9 Å². The second-order valence-electron chi connectivity index (χ2n) is 3.45. The number of unbranched alkanes of at least 4 members (excludes halogenated alkanes) is 4. The zero-order chi connectivity index (χ0) is 9.94. The van der Waals surface area contributed by atoms with Crippen molar-refractivity contribution in [1.82, 2.24) is 5.06 Å². The van der Waals surface area contributed by atoms with Crippen molar-refractivity contribution in [2.45, 2.75) is 45.4 Å². The minimum atomic E-state index is 0.265. The van der Waals surface area contributed by atoms with Crippen LogP contribution in [0.1, 0.15) is 45.4 Å². The summed E-state index contributed by atoms with van der Waals surface area (Å²) in [7, 11) is 0. The van der Waals surface area contributed by atoms with E-state index in [0.29, 0.717) is 0 Å². The van der Waals surface area contributed by atoms with Crippen LogP contribution in [-0.4, -0.2) is 35.1 Å². The van der Waals surface area contributed by atoms with Crippen LogP contribution in [0, 0.1) is 0 Å². The Kier molecular flexibility index (Phi) is 9.87. The molecule has 0 aromatic heterocycles. The van der Waals surface area contributed by atoms with Crippen LogP contribution in [0.4, 0.5) is 0 Å². The van der Waals surface area contributed by atoms with Crippen molar-refractivity contribution in [1.29, 1.82) is 0 Å². The molecule has 13 heavy (non-hydrogen) atoms. The Balaban J connectivity index is 3.05. The summed E-state index contributed by atoms with van der Waals surface area (Å²) in [5, 5.41) is 19.3. The molecule has 0 heterocycles. The van der Waals surface area contributed by atoms with Gasteiger partial charge in [0.1, 0.15) is 0 Å². The summed E-state index contributed by atoms with van der Waals surface area (Å²) in [5.74, 6) is 0. The topological polar surface area (TPSA) is 43.7 Å². The summed E-state index contributed by atoms with van der Waals surface area (Å²) in [6, 6.07) is 0. The van der Waals surface area contributed by atoms with Gasteiger partial charge in [-0.15, -0.1) is 0 Å². The molecule has 0 amide bonds. The first-order valence-corrected chi connectivity index (χ1v) is 5.36. The van der Waals surface area contributed by atoms with E-state index in [9.17, 15) is 5.21 Å². The van der Waals surface area contributed by atoms with Gasteiger partial charge in [-0.3, -0.25) is 0 Å². The van der Waals surface area contributed by atoms with Gasteiger partial charge in [0.2, 0.25) is 0 Å². The van der Waals surface area contributed by atoms with Crippen molar-refractivity contribution in [2.24, 2.45) is 0 Å². The Labute approximate surface area is 81.3 Å². The number of aliphatic hydroxyl groups is 1. The molecule has 0 saturated heterocycles. The van der Waals surface area contributed by atoms with Crippen LogP contribution >= 0.6 is 0 Å². The van der Waals surface area contributed by atoms with Crippen LogP contribution < -0.4 is 0 Å². The molecular formula is C10H23NO2. The molecule has 0 aromatic rings. The summed E-state index contributed by atoms with van der Waals surface area (Å²) < 4.78 is 0. The van der Waals surface area contributed by atoms with E-state index >= 15 is 0 Å². The second kappa shape index (κ2) is 9.96. The third-order valence-electron chi connectivity index (χ3n) is 2.09. The molecule has 0 saturated carbocycles. The van der Waals surface area contributed by atoms with Gasteiger partial charge < -0.3 is 10.3 Å². The first-order chi connectivity index (χ1) is 6.31. The maximum absolute atomic E-state index is 9.35. The van der Waals surface area contributed by atoms with Crippen molar-refractivity contribution in [3.63, 3.8) is 0 Å². The van der Waals surface area contributed by atoms with Gasteiger partial charge in [-0.2, -0.15) is 5.06 Å². The quantitative estimate of drug-likeness (QED) is 0.431. The molecule has 2 N–H and O–H groups in total. The fourth-order valence-electron chi connectivity index (χ4n) is 1.24. The van der Waals surface area contributed by atoms with E-state index in [1.807, 2.05) is 0 Å². The lowest BCUT2D eigenvalue weighted by molar-refractivity contribution is -0.0925. The average Bonchev–Trinajstić information content (AvgIpc) is 2.13. The first-order valence-electron chi connectivity index (χ1n) is 5.36. The predicted octanol–water partition coefficient (Wildman–Crippen LogP) is 2.03. The molecular weight excluding hydrogens is 166 g/mol. The van der Waals surface area contributed by atoms with Gasteiger partial charge in [0.05, 0.1) is 0 Å². The number of hydrogen-bond donors (Lipinski definition) is 2. The maximum Gasteiger partial charge on any atom is 0.0431 e. The minimum Gasteiger partial charge on any atom is -0.396 e. The average molecular weight is 189 g/mol. The fourth-order valence-corrected chi connectivity index (χ4v) is 1.24.